The molecule has 1 aliphatic carbocycles. The molecule has 1 nitrogen and oxygen atoms in total. The molecule has 1 heteroatoms. The Balaban J connectivity index is 2.78. The summed E-state index contributed by atoms with van der Waals surface area (Å²) in [6.07, 6.45) is 7.30. The summed E-state index contributed by atoms with van der Waals surface area (Å²) in [5.41, 5.74) is 2.53. The van der Waals surface area contributed by atoms with Crippen molar-refractivity contribution in [1.82, 2.24) is 0 Å². The highest BCUT2D eigenvalue weighted by atomic mass is 16.1. The first kappa shape index (κ1) is 10.2. The highest BCUT2D eigenvalue weighted by Gasteiger charge is 2.19. The molecule has 72 valence electrons. The molecule has 0 radical (unpaired) electrons. The van der Waals surface area contributed by atoms with Crippen LogP contribution in [0.25, 0.3) is 0 Å². The zero-order valence-corrected chi connectivity index (χ0v) is 8.76. The maximum absolute atomic E-state index is 11.3. The first-order valence-corrected chi connectivity index (χ1v) is 5.06. The van der Waals surface area contributed by atoms with Gasteiger partial charge in [0.25, 0.3) is 0 Å². The smallest absolute Gasteiger partial charge is 0.159 e. The maximum Gasteiger partial charge on any atom is 0.159 e. The molecule has 1 rings (SSSR count). The van der Waals surface area contributed by atoms with Gasteiger partial charge in [-0.15, -0.1) is 0 Å². The van der Waals surface area contributed by atoms with Crippen LogP contribution in [0.15, 0.2) is 23.3 Å². The van der Waals surface area contributed by atoms with Crippen LogP contribution in [-0.2, 0) is 4.79 Å². The van der Waals surface area contributed by atoms with Crippen molar-refractivity contribution in [3.05, 3.63) is 23.3 Å². The minimum Gasteiger partial charge on any atom is -0.295 e. The minimum absolute atomic E-state index is 0.187. The summed E-state index contributed by atoms with van der Waals surface area (Å²) in [7, 11) is 0. The van der Waals surface area contributed by atoms with E-state index in [1.165, 1.54) is 12.0 Å². The van der Waals surface area contributed by atoms with Crippen LogP contribution in [0, 0.1) is 5.92 Å². The zero-order valence-electron chi connectivity index (χ0n) is 8.76. The number of unbranched alkanes of at least 4 members (excludes halogenated alkanes) is 1. The fourth-order valence-corrected chi connectivity index (χ4v) is 1.60. The molecule has 0 heterocycles. The predicted molar refractivity (Wildman–Crippen MR) is 55.5 cm³/mol. The number of hydrogen-bond acceptors (Lipinski definition) is 1. The fraction of sp³-hybridized carbons (Fsp3) is 0.583. The molecule has 0 spiro atoms. The number of hydrogen-bond donors (Lipinski definition) is 0. The SMILES string of the molecule is CCC/C=C1\CC(C)C(=O)C=C1C. The Bertz CT molecular complexity index is 258. The normalized spacial score (nSPS) is 26.4. The lowest BCUT2D eigenvalue weighted by molar-refractivity contribution is -0.118. The number of carbonyl (C=O) groups excluding carboxylic acids is 1. The van der Waals surface area contributed by atoms with Gasteiger partial charge in [-0.2, -0.15) is 0 Å². The molecular weight excluding hydrogens is 160 g/mol. The van der Waals surface area contributed by atoms with Crippen molar-refractivity contribution >= 4 is 5.78 Å². The zero-order chi connectivity index (χ0) is 9.84. The topological polar surface area (TPSA) is 17.1 Å². The molecule has 0 amide bonds. The van der Waals surface area contributed by atoms with Gasteiger partial charge in [-0.25, -0.2) is 0 Å². The summed E-state index contributed by atoms with van der Waals surface area (Å²) < 4.78 is 0. The van der Waals surface area contributed by atoms with Gasteiger partial charge < -0.3 is 0 Å². The average Bonchev–Trinajstić information content (AvgIpc) is 2.09. The van der Waals surface area contributed by atoms with Crippen LogP contribution in [0.5, 0.6) is 0 Å². The summed E-state index contributed by atoms with van der Waals surface area (Å²) in [4.78, 5) is 11.3. The maximum atomic E-state index is 11.3. The van der Waals surface area contributed by atoms with Gasteiger partial charge in [0.15, 0.2) is 5.78 Å². The highest BCUT2D eigenvalue weighted by molar-refractivity contribution is 5.94. The van der Waals surface area contributed by atoms with Crippen molar-refractivity contribution < 1.29 is 4.79 Å². The molecule has 0 aromatic rings. The Kier molecular flexibility index (Phi) is 3.47. The Morgan fingerprint density at radius 3 is 2.92 bits per heavy atom. The van der Waals surface area contributed by atoms with Gasteiger partial charge in [-0.3, -0.25) is 4.79 Å². The number of carbonyl (C=O) groups is 1. The summed E-state index contributed by atoms with van der Waals surface area (Å²) in [6, 6.07) is 0. The molecule has 1 atom stereocenters. The second kappa shape index (κ2) is 4.40. The quantitative estimate of drug-likeness (QED) is 0.634. The molecule has 13 heavy (non-hydrogen) atoms. The molecule has 0 bridgehead atoms. The average molecular weight is 178 g/mol. The molecule has 0 N–H and O–H groups in total. The molecule has 1 unspecified atom stereocenters. The second-order valence-corrected chi connectivity index (χ2v) is 3.85. The van der Waals surface area contributed by atoms with Crippen LogP contribution < -0.4 is 0 Å². The van der Waals surface area contributed by atoms with Crippen LogP contribution in [0.4, 0.5) is 0 Å². The van der Waals surface area contributed by atoms with Crippen LogP contribution >= 0.6 is 0 Å². The summed E-state index contributed by atoms with van der Waals surface area (Å²) in [5, 5.41) is 0. The molecule has 0 aromatic carbocycles. The molecule has 0 saturated carbocycles. The van der Waals surface area contributed by atoms with Crippen molar-refractivity contribution in [3.8, 4) is 0 Å². The van der Waals surface area contributed by atoms with E-state index in [0.29, 0.717) is 0 Å². The van der Waals surface area contributed by atoms with Gasteiger partial charge in [-0.05, 0) is 37.0 Å². The Morgan fingerprint density at radius 2 is 2.31 bits per heavy atom. The largest absolute Gasteiger partial charge is 0.295 e. The number of ketones is 1. The molecule has 1 aliphatic rings. The Labute approximate surface area is 80.5 Å². The second-order valence-electron chi connectivity index (χ2n) is 3.85. The van der Waals surface area contributed by atoms with E-state index in [1.807, 2.05) is 13.8 Å². The summed E-state index contributed by atoms with van der Waals surface area (Å²) >= 11 is 0. The van der Waals surface area contributed by atoms with Crippen molar-refractivity contribution in [2.45, 2.75) is 40.0 Å². The third-order valence-corrected chi connectivity index (χ3v) is 2.56. The van der Waals surface area contributed by atoms with E-state index < -0.39 is 0 Å². The van der Waals surface area contributed by atoms with Crippen LogP contribution in [0.3, 0.4) is 0 Å². The lowest BCUT2D eigenvalue weighted by atomic mass is 9.86. The third-order valence-electron chi connectivity index (χ3n) is 2.56. The molecule has 0 fully saturated rings. The van der Waals surface area contributed by atoms with E-state index in [4.69, 9.17) is 0 Å². The van der Waals surface area contributed by atoms with Crippen molar-refractivity contribution in [2.75, 3.05) is 0 Å². The predicted octanol–water partition coefficient (Wildman–Crippen LogP) is 3.27. The van der Waals surface area contributed by atoms with Gasteiger partial charge in [-0.1, -0.05) is 26.3 Å². The Morgan fingerprint density at radius 1 is 1.62 bits per heavy atom. The van der Waals surface area contributed by atoms with E-state index in [9.17, 15) is 4.79 Å². The van der Waals surface area contributed by atoms with Gasteiger partial charge in [0.2, 0.25) is 0 Å². The summed E-state index contributed by atoms with van der Waals surface area (Å²) in [5.74, 6) is 0.470. The van der Waals surface area contributed by atoms with Gasteiger partial charge >= 0.3 is 0 Å². The van der Waals surface area contributed by atoms with Crippen molar-refractivity contribution in [2.24, 2.45) is 5.92 Å². The van der Waals surface area contributed by atoms with Crippen LogP contribution in [0.1, 0.15) is 40.0 Å². The van der Waals surface area contributed by atoms with Gasteiger partial charge in [0.1, 0.15) is 0 Å². The number of rotatable bonds is 2. The van der Waals surface area contributed by atoms with Crippen LogP contribution in [0.2, 0.25) is 0 Å². The van der Waals surface area contributed by atoms with Crippen LogP contribution in [-0.4, -0.2) is 5.78 Å². The Hall–Kier alpha value is -0.850. The molecule has 0 aliphatic heterocycles. The third kappa shape index (κ3) is 2.55. The standard InChI is InChI=1S/C12H18O/c1-4-5-6-11-7-10(3)12(13)8-9(11)2/h6,8,10H,4-5,7H2,1-3H3/b11-6+. The van der Waals surface area contributed by atoms with Crippen molar-refractivity contribution in [1.29, 1.82) is 0 Å². The van der Waals surface area contributed by atoms with Crippen molar-refractivity contribution in [3.63, 3.8) is 0 Å². The first-order valence-electron chi connectivity index (χ1n) is 5.06. The molecule has 0 aromatic heterocycles. The minimum atomic E-state index is 0.187. The van der Waals surface area contributed by atoms with E-state index >= 15 is 0 Å². The van der Waals surface area contributed by atoms with E-state index in [0.717, 1.165) is 18.4 Å². The lowest BCUT2D eigenvalue weighted by Crippen LogP contribution is -2.15. The fourth-order valence-electron chi connectivity index (χ4n) is 1.60. The molecule has 0 saturated heterocycles. The molecular formula is C12H18O. The van der Waals surface area contributed by atoms with Gasteiger partial charge in [0.05, 0.1) is 0 Å². The van der Waals surface area contributed by atoms with E-state index in [2.05, 4.69) is 13.0 Å². The lowest BCUT2D eigenvalue weighted by Gasteiger charge is -2.18. The monoisotopic (exact) mass is 178 g/mol. The van der Waals surface area contributed by atoms with Gasteiger partial charge in [0, 0.05) is 5.92 Å². The van der Waals surface area contributed by atoms with E-state index in [1.54, 1.807) is 6.08 Å². The number of allylic oxidation sites excluding steroid dienone is 4. The first-order chi connectivity index (χ1) is 6.15. The van der Waals surface area contributed by atoms with E-state index in [-0.39, 0.29) is 11.7 Å². The summed E-state index contributed by atoms with van der Waals surface area (Å²) in [6.45, 7) is 6.21. The highest BCUT2D eigenvalue weighted by Crippen LogP contribution is 2.26.